The number of pyridine rings is 2. The number of allylic oxidation sites excluding steroid dienone is 1. The molecule has 0 bridgehead atoms. The minimum absolute atomic E-state index is 0.0708. The lowest BCUT2D eigenvalue weighted by Gasteiger charge is -2.29. The van der Waals surface area contributed by atoms with Gasteiger partial charge in [0, 0.05) is 80.7 Å². The smallest absolute Gasteiger partial charge is 0.260 e. The Labute approximate surface area is 275 Å². The molecule has 2 aliphatic heterocycles. The van der Waals surface area contributed by atoms with E-state index in [0.29, 0.717) is 42.3 Å². The normalized spacial score (nSPS) is 16.1. The molecule has 4 aromatic rings. The van der Waals surface area contributed by atoms with E-state index in [9.17, 15) is 13.2 Å². The average molecular weight is 659 g/mol. The first-order valence-corrected chi connectivity index (χ1v) is 17.7. The van der Waals surface area contributed by atoms with Gasteiger partial charge >= 0.3 is 0 Å². The van der Waals surface area contributed by atoms with Gasteiger partial charge in [-0.3, -0.25) is 14.3 Å². The van der Waals surface area contributed by atoms with Gasteiger partial charge in [0.15, 0.2) is 9.84 Å². The van der Waals surface area contributed by atoms with Crippen LogP contribution < -0.4 is 21.1 Å². The van der Waals surface area contributed by atoms with Crippen LogP contribution in [-0.2, 0) is 21.1 Å². The van der Waals surface area contributed by atoms with Crippen molar-refractivity contribution in [1.82, 2.24) is 29.7 Å². The molecule has 47 heavy (non-hydrogen) atoms. The zero-order chi connectivity index (χ0) is 33.0. The first kappa shape index (κ1) is 32.8. The van der Waals surface area contributed by atoms with Gasteiger partial charge in [0.25, 0.3) is 5.56 Å². The number of sulfone groups is 1. The molecule has 0 radical (unpaired) electrons. The Morgan fingerprint density at radius 3 is 2.57 bits per heavy atom. The second-order valence-electron chi connectivity index (χ2n) is 12.3. The molecule has 0 saturated carbocycles. The van der Waals surface area contributed by atoms with Gasteiger partial charge in [-0.2, -0.15) is 4.98 Å². The highest BCUT2D eigenvalue weighted by molar-refractivity contribution is 7.91. The number of rotatable bonds is 11. The lowest BCUT2D eigenvalue weighted by Crippen LogP contribution is -2.43. The lowest BCUT2D eigenvalue weighted by atomic mass is 9.88. The van der Waals surface area contributed by atoms with Gasteiger partial charge in [0.2, 0.25) is 5.95 Å². The third-order valence-corrected chi connectivity index (χ3v) is 10.6. The van der Waals surface area contributed by atoms with E-state index >= 15 is 0 Å². The molecule has 5 heterocycles. The Balaban J connectivity index is 1.38. The number of anilines is 3. The Bertz CT molecular complexity index is 1900. The van der Waals surface area contributed by atoms with Crippen molar-refractivity contribution in [3.63, 3.8) is 0 Å². The molecule has 2 saturated heterocycles. The summed E-state index contributed by atoms with van der Waals surface area (Å²) in [5, 5.41) is 7.28. The zero-order valence-electron chi connectivity index (χ0n) is 27.0. The van der Waals surface area contributed by atoms with Gasteiger partial charge in [-0.05, 0) is 80.9 Å². The van der Waals surface area contributed by atoms with Crippen molar-refractivity contribution in [3.05, 3.63) is 83.0 Å². The topological polar surface area (TPSA) is 135 Å². The molecular weight excluding hydrogens is 616 g/mol. The van der Waals surface area contributed by atoms with Gasteiger partial charge < -0.3 is 25.2 Å². The minimum atomic E-state index is -3.68. The quantitative estimate of drug-likeness (QED) is 0.246. The molecule has 0 aliphatic carbocycles. The lowest BCUT2D eigenvalue weighted by molar-refractivity contribution is 0.0808. The fourth-order valence-electron chi connectivity index (χ4n) is 6.06. The summed E-state index contributed by atoms with van der Waals surface area (Å²) in [4.78, 5) is 32.4. The fraction of sp³-hybridized carbons (Fsp3) is 0.412. The second kappa shape index (κ2) is 14.3. The Morgan fingerprint density at radius 1 is 1.11 bits per heavy atom. The molecule has 3 aromatic heterocycles. The van der Waals surface area contributed by atoms with E-state index in [2.05, 4.69) is 44.2 Å². The minimum Gasteiger partial charge on any atom is -0.381 e. The number of aromatic nitrogens is 4. The number of nitrogens with zero attached hydrogens (tertiary/aromatic N) is 6. The SMILES string of the molecule is C=C(c1cc2cnc(Nc3ccc(N4CCNCC4)cc3)nc2n(Cc2ncccc2S(=O)(=O)CCN(C)C)c1=O)C1CCOCC1. The molecule has 0 spiro atoms. The predicted octanol–water partition coefficient (Wildman–Crippen LogP) is 3.16. The summed E-state index contributed by atoms with van der Waals surface area (Å²) < 4.78 is 33.9. The van der Waals surface area contributed by atoms with E-state index in [1.54, 1.807) is 30.6 Å². The number of benzene rings is 1. The van der Waals surface area contributed by atoms with Crippen molar-refractivity contribution in [2.24, 2.45) is 5.92 Å². The largest absolute Gasteiger partial charge is 0.381 e. The van der Waals surface area contributed by atoms with Crippen LogP contribution in [-0.4, -0.2) is 98.6 Å². The van der Waals surface area contributed by atoms with Crippen molar-refractivity contribution in [2.75, 3.05) is 76.0 Å². The van der Waals surface area contributed by atoms with Crippen molar-refractivity contribution in [2.45, 2.75) is 24.3 Å². The number of hydrogen-bond donors (Lipinski definition) is 2. The van der Waals surface area contributed by atoms with Crippen LogP contribution in [0.25, 0.3) is 16.6 Å². The van der Waals surface area contributed by atoms with Crippen LogP contribution in [0.4, 0.5) is 17.3 Å². The van der Waals surface area contributed by atoms with E-state index in [1.165, 1.54) is 4.57 Å². The van der Waals surface area contributed by atoms with Gasteiger partial charge in [-0.15, -0.1) is 0 Å². The average Bonchev–Trinajstić information content (AvgIpc) is 3.09. The van der Waals surface area contributed by atoms with Gasteiger partial charge in [-0.25, -0.2) is 13.4 Å². The number of fused-ring (bicyclic) bond motifs is 1. The number of nitrogens with one attached hydrogen (secondary N) is 2. The third-order valence-electron chi connectivity index (χ3n) is 8.79. The van der Waals surface area contributed by atoms with Crippen LogP contribution in [0.3, 0.4) is 0 Å². The Kier molecular flexibility index (Phi) is 9.97. The maximum Gasteiger partial charge on any atom is 0.260 e. The molecule has 2 fully saturated rings. The Hall–Kier alpha value is -4.17. The van der Waals surface area contributed by atoms with Crippen LogP contribution in [0.1, 0.15) is 24.1 Å². The number of hydrogen-bond acceptors (Lipinski definition) is 11. The maximum absolute atomic E-state index is 14.3. The van der Waals surface area contributed by atoms with Crippen molar-refractivity contribution in [1.29, 1.82) is 0 Å². The van der Waals surface area contributed by atoms with Crippen molar-refractivity contribution in [3.8, 4) is 0 Å². The molecule has 2 aliphatic rings. The molecule has 0 unspecified atom stereocenters. The van der Waals surface area contributed by atoms with Crippen molar-refractivity contribution >= 4 is 43.8 Å². The third kappa shape index (κ3) is 7.54. The van der Waals surface area contributed by atoms with Crippen LogP contribution in [0.2, 0.25) is 0 Å². The molecule has 2 N–H and O–H groups in total. The van der Waals surface area contributed by atoms with E-state index in [4.69, 9.17) is 9.72 Å². The predicted molar refractivity (Wildman–Crippen MR) is 185 cm³/mol. The fourth-order valence-corrected chi connectivity index (χ4v) is 7.64. The number of ether oxygens (including phenoxy) is 1. The molecule has 12 nitrogen and oxygen atoms in total. The van der Waals surface area contributed by atoms with E-state index < -0.39 is 9.84 Å². The highest BCUT2D eigenvalue weighted by atomic mass is 32.2. The molecule has 6 rings (SSSR count). The zero-order valence-corrected chi connectivity index (χ0v) is 27.8. The molecular formula is C34H42N8O4S. The van der Waals surface area contributed by atoms with E-state index in [0.717, 1.165) is 56.0 Å². The second-order valence-corrected chi connectivity index (χ2v) is 14.4. The van der Waals surface area contributed by atoms with Crippen LogP contribution in [0.5, 0.6) is 0 Å². The summed E-state index contributed by atoms with van der Waals surface area (Å²) in [6.45, 7) is 9.65. The van der Waals surface area contributed by atoms with E-state index in [-0.39, 0.29) is 34.4 Å². The summed E-state index contributed by atoms with van der Waals surface area (Å²) in [7, 11) is -0.0242. The first-order valence-electron chi connectivity index (χ1n) is 16.0. The standard InChI is InChI=1S/C34H42N8O4S/c1-24(25-10-18-46-19-11-25)29-21-26-22-37-34(38-27-6-8-28(9-7-27)41-15-13-35-14-16-41)39-32(26)42(33(29)43)23-30-31(5-4-12-36-30)47(44,45)20-17-40(2)3/h4-9,12,21-22,25,35H,1,10-11,13-20,23H2,2-3H3,(H,37,38,39). The molecule has 0 atom stereocenters. The van der Waals surface area contributed by atoms with Gasteiger partial charge in [0.05, 0.1) is 22.9 Å². The van der Waals surface area contributed by atoms with Crippen molar-refractivity contribution < 1.29 is 13.2 Å². The summed E-state index contributed by atoms with van der Waals surface area (Å²) >= 11 is 0. The highest BCUT2D eigenvalue weighted by Crippen LogP contribution is 2.30. The molecule has 248 valence electrons. The summed E-state index contributed by atoms with van der Waals surface area (Å²) in [5.41, 5.74) is 3.50. The monoisotopic (exact) mass is 658 g/mol. The Morgan fingerprint density at radius 2 is 1.85 bits per heavy atom. The molecule has 13 heteroatoms. The van der Waals surface area contributed by atoms with E-state index in [1.807, 2.05) is 31.1 Å². The summed E-state index contributed by atoms with van der Waals surface area (Å²) in [6.07, 6.45) is 4.78. The van der Waals surface area contributed by atoms with Gasteiger partial charge in [0.1, 0.15) is 5.65 Å². The van der Waals surface area contributed by atoms with Crippen LogP contribution in [0.15, 0.2) is 71.1 Å². The summed E-state index contributed by atoms with van der Waals surface area (Å²) in [5.74, 6) is 0.347. The first-order chi connectivity index (χ1) is 22.7. The summed E-state index contributed by atoms with van der Waals surface area (Å²) in [6, 6.07) is 13.1. The molecule has 1 aromatic carbocycles. The molecule has 0 amide bonds. The number of piperazine rings is 1. The van der Waals surface area contributed by atoms with Crippen LogP contribution in [0, 0.1) is 5.92 Å². The van der Waals surface area contributed by atoms with Gasteiger partial charge in [-0.1, -0.05) is 6.58 Å². The maximum atomic E-state index is 14.3. The van der Waals surface area contributed by atoms with Crippen LogP contribution >= 0.6 is 0 Å². The highest BCUT2D eigenvalue weighted by Gasteiger charge is 2.25.